The molecule has 2 aromatic rings. The summed E-state index contributed by atoms with van der Waals surface area (Å²) in [4.78, 5) is 16.4. The van der Waals surface area contributed by atoms with Crippen molar-refractivity contribution in [2.45, 2.75) is 25.8 Å². The van der Waals surface area contributed by atoms with E-state index in [4.69, 9.17) is 0 Å². The number of thiazole rings is 1. The highest BCUT2D eigenvalue weighted by atomic mass is 32.1. The van der Waals surface area contributed by atoms with Crippen molar-refractivity contribution in [3.63, 3.8) is 0 Å². The average Bonchev–Trinajstić information content (AvgIpc) is 3.04. The van der Waals surface area contributed by atoms with Crippen molar-refractivity contribution in [1.82, 2.24) is 10.3 Å². The molecule has 1 amide bonds. The van der Waals surface area contributed by atoms with Crippen molar-refractivity contribution in [3.8, 4) is 0 Å². The molecule has 1 fully saturated rings. The lowest BCUT2D eigenvalue weighted by atomic mass is 10.2. The van der Waals surface area contributed by atoms with Crippen LogP contribution in [-0.4, -0.2) is 16.9 Å². The van der Waals surface area contributed by atoms with Crippen LogP contribution < -0.4 is 5.32 Å². The SMILES string of the molecule is C=C(C)c1nc2ccc(C(=O)NC3CC3)cc2s1. The lowest BCUT2D eigenvalue weighted by molar-refractivity contribution is 0.0951. The van der Waals surface area contributed by atoms with Gasteiger partial charge in [-0.3, -0.25) is 4.79 Å². The van der Waals surface area contributed by atoms with E-state index in [-0.39, 0.29) is 5.91 Å². The number of nitrogens with zero attached hydrogens (tertiary/aromatic N) is 1. The first-order valence-corrected chi connectivity index (χ1v) is 6.82. The lowest BCUT2D eigenvalue weighted by Crippen LogP contribution is -2.25. The van der Waals surface area contributed by atoms with Gasteiger partial charge >= 0.3 is 0 Å². The zero-order chi connectivity index (χ0) is 12.7. The van der Waals surface area contributed by atoms with E-state index in [1.807, 2.05) is 25.1 Å². The minimum atomic E-state index is 0.0182. The minimum Gasteiger partial charge on any atom is -0.349 e. The van der Waals surface area contributed by atoms with E-state index in [0.717, 1.165) is 33.6 Å². The summed E-state index contributed by atoms with van der Waals surface area (Å²) in [6.45, 7) is 5.84. The summed E-state index contributed by atoms with van der Waals surface area (Å²) in [6, 6.07) is 6.04. The van der Waals surface area contributed by atoms with Crippen LogP contribution >= 0.6 is 11.3 Å². The molecule has 4 heteroatoms. The molecule has 1 heterocycles. The van der Waals surface area contributed by atoms with Crippen molar-refractivity contribution < 1.29 is 4.79 Å². The Morgan fingerprint density at radius 3 is 2.94 bits per heavy atom. The molecule has 1 aromatic carbocycles. The van der Waals surface area contributed by atoms with Gasteiger partial charge in [-0.1, -0.05) is 6.58 Å². The average molecular weight is 258 g/mol. The molecular formula is C14H14N2OS. The van der Waals surface area contributed by atoms with E-state index in [9.17, 15) is 4.79 Å². The molecule has 0 unspecified atom stereocenters. The molecule has 1 saturated carbocycles. The zero-order valence-corrected chi connectivity index (χ0v) is 11.0. The maximum Gasteiger partial charge on any atom is 0.251 e. The third-order valence-electron chi connectivity index (χ3n) is 2.93. The number of hydrogen-bond donors (Lipinski definition) is 1. The van der Waals surface area contributed by atoms with Crippen LogP contribution in [-0.2, 0) is 0 Å². The maximum atomic E-state index is 11.9. The van der Waals surface area contributed by atoms with Crippen LogP contribution in [0.5, 0.6) is 0 Å². The second kappa shape index (κ2) is 4.21. The monoisotopic (exact) mass is 258 g/mol. The maximum absolute atomic E-state index is 11.9. The molecule has 3 nitrogen and oxygen atoms in total. The quantitative estimate of drug-likeness (QED) is 0.918. The fourth-order valence-corrected chi connectivity index (χ4v) is 2.68. The lowest BCUT2D eigenvalue weighted by Gasteiger charge is -2.02. The van der Waals surface area contributed by atoms with Gasteiger partial charge in [0, 0.05) is 11.6 Å². The fraction of sp³-hybridized carbons (Fsp3) is 0.286. The second-order valence-electron chi connectivity index (χ2n) is 4.73. The molecule has 0 saturated heterocycles. The van der Waals surface area contributed by atoms with Crippen LogP contribution in [0.2, 0.25) is 0 Å². The molecule has 0 spiro atoms. The summed E-state index contributed by atoms with van der Waals surface area (Å²) in [5.74, 6) is 0.0182. The van der Waals surface area contributed by atoms with Gasteiger partial charge in [0.05, 0.1) is 10.2 Å². The van der Waals surface area contributed by atoms with Gasteiger partial charge in [-0.05, 0) is 43.5 Å². The first-order valence-electron chi connectivity index (χ1n) is 6.01. The number of allylic oxidation sites excluding steroid dienone is 1. The third-order valence-corrected chi connectivity index (χ3v) is 4.11. The fourth-order valence-electron chi connectivity index (χ4n) is 1.74. The van der Waals surface area contributed by atoms with E-state index < -0.39 is 0 Å². The molecule has 1 aliphatic carbocycles. The molecule has 0 atom stereocenters. The van der Waals surface area contributed by atoms with Crippen molar-refractivity contribution in [1.29, 1.82) is 0 Å². The standard InChI is InChI=1S/C14H14N2OS/c1-8(2)14-16-11-6-3-9(7-12(11)18-14)13(17)15-10-4-5-10/h3,6-7,10H,1,4-5H2,2H3,(H,15,17). The van der Waals surface area contributed by atoms with Crippen LogP contribution in [0.3, 0.4) is 0 Å². The Morgan fingerprint density at radius 1 is 1.50 bits per heavy atom. The van der Waals surface area contributed by atoms with E-state index >= 15 is 0 Å². The molecular weight excluding hydrogens is 244 g/mol. The van der Waals surface area contributed by atoms with E-state index in [2.05, 4.69) is 16.9 Å². The predicted molar refractivity (Wildman–Crippen MR) is 74.8 cm³/mol. The van der Waals surface area contributed by atoms with Gasteiger partial charge in [0.25, 0.3) is 5.91 Å². The minimum absolute atomic E-state index is 0.0182. The first kappa shape index (κ1) is 11.4. The van der Waals surface area contributed by atoms with E-state index in [1.165, 1.54) is 0 Å². The largest absolute Gasteiger partial charge is 0.349 e. The normalized spacial score (nSPS) is 14.7. The number of fused-ring (bicyclic) bond motifs is 1. The smallest absolute Gasteiger partial charge is 0.251 e. The number of rotatable bonds is 3. The van der Waals surface area contributed by atoms with E-state index in [0.29, 0.717) is 11.6 Å². The number of carbonyl (C=O) groups excluding carboxylic acids is 1. The van der Waals surface area contributed by atoms with Crippen LogP contribution in [0.15, 0.2) is 24.8 Å². The summed E-state index contributed by atoms with van der Waals surface area (Å²) in [6.07, 6.45) is 2.21. The molecule has 3 rings (SSSR count). The molecule has 1 N–H and O–H groups in total. The van der Waals surface area contributed by atoms with Crippen molar-refractivity contribution in [3.05, 3.63) is 35.3 Å². The number of carbonyl (C=O) groups is 1. The summed E-state index contributed by atoms with van der Waals surface area (Å²) < 4.78 is 1.04. The predicted octanol–water partition coefficient (Wildman–Crippen LogP) is 3.22. The molecule has 1 aliphatic rings. The summed E-state index contributed by atoms with van der Waals surface area (Å²) in [5, 5.41) is 3.93. The Labute approximate surface area is 110 Å². The number of hydrogen-bond acceptors (Lipinski definition) is 3. The highest BCUT2D eigenvalue weighted by molar-refractivity contribution is 7.19. The van der Waals surface area contributed by atoms with Gasteiger partial charge in [0.1, 0.15) is 5.01 Å². The van der Waals surface area contributed by atoms with Crippen LogP contribution in [0, 0.1) is 0 Å². The van der Waals surface area contributed by atoms with Gasteiger partial charge in [0.15, 0.2) is 0 Å². The number of amides is 1. The Balaban J connectivity index is 1.94. The topological polar surface area (TPSA) is 42.0 Å². The number of benzene rings is 1. The van der Waals surface area contributed by atoms with Gasteiger partial charge in [-0.2, -0.15) is 0 Å². The molecule has 0 aliphatic heterocycles. The Morgan fingerprint density at radius 2 is 2.28 bits per heavy atom. The van der Waals surface area contributed by atoms with Crippen molar-refractivity contribution in [2.24, 2.45) is 0 Å². The molecule has 0 bridgehead atoms. The van der Waals surface area contributed by atoms with Gasteiger partial charge in [-0.25, -0.2) is 4.98 Å². The molecule has 0 radical (unpaired) electrons. The highest BCUT2D eigenvalue weighted by Crippen LogP contribution is 2.27. The van der Waals surface area contributed by atoms with Crippen LogP contribution in [0.4, 0.5) is 0 Å². The Hall–Kier alpha value is -1.68. The summed E-state index contributed by atoms with van der Waals surface area (Å²) >= 11 is 1.58. The van der Waals surface area contributed by atoms with Gasteiger partial charge in [-0.15, -0.1) is 11.3 Å². The van der Waals surface area contributed by atoms with Crippen LogP contribution in [0.1, 0.15) is 35.1 Å². The first-order chi connectivity index (χ1) is 8.63. The zero-order valence-electron chi connectivity index (χ0n) is 10.2. The third kappa shape index (κ3) is 2.16. The molecule has 92 valence electrons. The summed E-state index contributed by atoms with van der Waals surface area (Å²) in [5.41, 5.74) is 2.60. The molecule has 18 heavy (non-hydrogen) atoms. The van der Waals surface area contributed by atoms with Gasteiger partial charge in [0.2, 0.25) is 0 Å². The Bertz CT molecular complexity index is 640. The molecule has 1 aromatic heterocycles. The van der Waals surface area contributed by atoms with Crippen molar-refractivity contribution >= 4 is 33.0 Å². The van der Waals surface area contributed by atoms with Crippen molar-refractivity contribution in [2.75, 3.05) is 0 Å². The Kier molecular flexibility index (Phi) is 2.67. The second-order valence-corrected chi connectivity index (χ2v) is 5.76. The number of nitrogens with one attached hydrogen (secondary N) is 1. The summed E-state index contributed by atoms with van der Waals surface area (Å²) in [7, 11) is 0. The van der Waals surface area contributed by atoms with E-state index in [1.54, 1.807) is 11.3 Å². The highest BCUT2D eigenvalue weighted by Gasteiger charge is 2.23. The van der Waals surface area contributed by atoms with Gasteiger partial charge < -0.3 is 5.32 Å². The number of aromatic nitrogens is 1. The van der Waals surface area contributed by atoms with Crippen LogP contribution in [0.25, 0.3) is 15.8 Å².